The van der Waals surface area contributed by atoms with Crippen molar-refractivity contribution in [1.29, 1.82) is 0 Å². The molecular weight excluding hydrogens is 513 g/mol. The molecule has 0 bridgehead atoms. The van der Waals surface area contributed by atoms with Gasteiger partial charge in [0.2, 0.25) is 0 Å². The third-order valence-corrected chi connectivity index (χ3v) is 8.77. The zero-order chi connectivity index (χ0) is 27.1. The first-order valence-corrected chi connectivity index (χ1v) is 14.8. The first-order valence-electron chi connectivity index (χ1n) is 11.9. The fraction of sp³-hybridized carbons (Fsp3) is 0.696. The van der Waals surface area contributed by atoms with E-state index in [-0.39, 0.29) is 34.8 Å². The van der Waals surface area contributed by atoms with E-state index in [2.05, 4.69) is 0 Å². The summed E-state index contributed by atoms with van der Waals surface area (Å²) < 4.78 is 73.4. The number of hydrogen-bond acceptors (Lipinski definition) is 10. The van der Waals surface area contributed by atoms with E-state index in [0.29, 0.717) is 16.5 Å². The minimum absolute atomic E-state index is 0.0342. The Morgan fingerprint density at radius 1 is 1.11 bits per heavy atom. The Hall–Kier alpha value is -1.53. The number of fused-ring (bicyclic) bond motifs is 1. The number of phosphoric ester groups is 1. The average Bonchev–Trinajstić information content (AvgIpc) is 3.16. The maximum absolute atomic E-state index is 13.4. The highest BCUT2D eigenvalue weighted by Crippen LogP contribution is 2.52. The summed E-state index contributed by atoms with van der Waals surface area (Å²) in [6, 6.07) is 2.96. The van der Waals surface area contributed by atoms with Crippen molar-refractivity contribution in [2.24, 2.45) is 0 Å². The predicted octanol–water partition coefficient (Wildman–Crippen LogP) is 4.42. The van der Waals surface area contributed by atoms with Gasteiger partial charge in [0.15, 0.2) is 5.79 Å². The van der Waals surface area contributed by atoms with Gasteiger partial charge in [-0.1, -0.05) is 13.8 Å². The van der Waals surface area contributed by atoms with Crippen LogP contribution in [0.25, 0.3) is 0 Å². The van der Waals surface area contributed by atoms with Crippen LogP contribution in [0.3, 0.4) is 0 Å². The number of hydrogen-bond donors (Lipinski definition) is 0. The zero-order valence-electron chi connectivity index (χ0n) is 22.0. The van der Waals surface area contributed by atoms with Crippen molar-refractivity contribution in [3.8, 4) is 5.75 Å². The van der Waals surface area contributed by atoms with Crippen LogP contribution in [0.2, 0.25) is 0 Å². The lowest BCUT2D eigenvalue weighted by Crippen LogP contribution is -2.32. The third kappa shape index (κ3) is 6.48. The average molecular weight is 550 g/mol. The Kier molecular flexibility index (Phi) is 8.62. The minimum Gasteiger partial charge on any atom is -0.491 e. The molecule has 1 saturated heterocycles. The van der Waals surface area contributed by atoms with Crippen LogP contribution in [0.1, 0.15) is 77.2 Å². The number of ether oxygens (including phenoxy) is 3. The van der Waals surface area contributed by atoms with E-state index in [1.807, 2.05) is 13.8 Å². The summed E-state index contributed by atoms with van der Waals surface area (Å²) in [6.07, 6.45) is -1.37. The molecule has 1 unspecified atom stereocenters. The van der Waals surface area contributed by atoms with Crippen LogP contribution in [0.15, 0.2) is 17.0 Å². The first kappa shape index (κ1) is 29.0. The molecule has 2 heterocycles. The maximum Gasteiger partial charge on any atom is 0.477 e. The first-order chi connectivity index (χ1) is 16.5. The SMILES string of the molecule is CC(C)OP(=O)(OCN1C(=O)c2c(C(C)C)cc(OCC3COC(C)(C)O3)cc2S1(=O)=O)OC(C)C. The molecule has 0 aliphatic carbocycles. The number of carbonyl (C=O) groups excluding carboxylic acids is 1. The normalized spacial score (nSPS) is 21.1. The number of nitrogens with zero attached hydrogens (tertiary/aromatic N) is 1. The number of sulfonamides is 1. The minimum atomic E-state index is -4.32. The van der Waals surface area contributed by atoms with Crippen molar-refractivity contribution in [3.05, 3.63) is 23.3 Å². The molecule has 204 valence electrons. The number of carbonyl (C=O) groups is 1. The number of amides is 1. The monoisotopic (exact) mass is 549 g/mol. The smallest absolute Gasteiger partial charge is 0.477 e. The van der Waals surface area contributed by atoms with Gasteiger partial charge >= 0.3 is 7.82 Å². The second kappa shape index (κ2) is 10.7. The molecule has 36 heavy (non-hydrogen) atoms. The highest BCUT2D eigenvalue weighted by atomic mass is 32.2. The Morgan fingerprint density at radius 2 is 1.72 bits per heavy atom. The van der Waals surface area contributed by atoms with E-state index in [9.17, 15) is 17.8 Å². The van der Waals surface area contributed by atoms with E-state index < -0.39 is 48.5 Å². The fourth-order valence-corrected chi connectivity index (χ4v) is 6.83. The molecule has 11 nitrogen and oxygen atoms in total. The summed E-state index contributed by atoms with van der Waals surface area (Å²) in [6.45, 7) is 13.5. The second-order valence-electron chi connectivity index (χ2n) is 9.97. The molecule has 1 aromatic carbocycles. The molecule has 0 N–H and O–H groups in total. The van der Waals surface area contributed by atoms with Gasteiger partial charge in [-0.25, -0.2) is 17.3 Å². The second-order valence-corrected chi connectivity index (χ2v) is 13.4. The molecular formula is C23H36NO10PS. The van der Waals surface area contributed by atoms with Gasteiger partial charge in [0.05, 0.1) is 24.4 Å². The van der Waals surface area contributed by atoms with Crippen LogP contribution >= 0.6 is 7.82 Å². The maximum atomic E-state index is 13.4. The molecule has 0 radical (unpaired) electrons. The Labute approximate surface area is 213 Å². The van der Waals surface area contributed by atoms with Crippen molar-refractivity contribution in [2.45, 2.75) is 90.3 Å². The highest BCUT2D eigenvalue weighted by molar-refractivity contribution is 7.90. The Morgan fingerprint density at radius 3 is 2.22 bits per heavy atom. The topological polar surface area (TPSA) is 127 Å². The van der Waals surface area contributed by atoms with E-state index in [1.54, 1.807) is 47.6 Å². The van der Waals surface area contributed by atoms with Gasteiger partial charge in [0, 0.05) is 6.07 Å². The third-order valence-electron chi connectivity index (χ3n) is 5.25. The van der Waals surface area contributed by atoms with Crippen LogP contribution in [0, 0.1) is 0 Å². The summed E-state index contributed by atoms with van der Waals surface area (Å²) in [5, 5.41) is 0. The molecule has 1 atom stereocenters. The van der Waals surface area contributed by atoms with Crippen molar-refractivity contribution < 1.29 is 45.6 Å². The largest absolute Gasteiger partial charge is 0.491 e. The van der Waals surface area contributed by atoms with Gasteiger partial charge in [0.1, 0.15) is 30.1 Å². The zero-order valence-corrected chi connectivity index (χ0v) is 23.7. The number of phosphoric acid groups is 1. The van der Waals surface area contributed by atoms with Crippen molar-refractivity contribution in [3.63, 3.8) is 0 Å². The fourth-order valence-electron chi connectivity index (χ4n) is 3.82. The summed E-state index contributed by atoms with van der Waals surface area (Å²) in [5.74, 6) is -1.41. The number of benzene rings is 1. The van der Waals surface area contributed by atoms with Crippen molar-refractivity contribution in [1.82, 2.24) is 4.31 Å². The summed E-state index contributed by atoms with van der Waals surface area (Å²) >= 11 is 0. The van der Waals surface area contributed by atoms with E-state index in [0.717, 1.165) is 0 Å². The lowest BCUT2D eigenvalue weighted by Gasteiger charge is -2.24. The predicted molar refractivity (Wildman–Crippen MR) is 130 cm³/mol. The van der Waals surface area contributed by atoms with E-state index in [4.69, 9.17) is 27.8 Å². The molecule has 3 rings (SSSR count). The Bertz CT molecular complexity index is 1120. The number of rotatable bonds is 11. The summed E-state index contributed by atoms with van der Waals surface area (Å²) in [7, 11) is -8.46. The van der Waals surface area contributed by atoms with Crippen molar-refractivity contribution in [2.75, 3.05) is 19.9 Å². The summed E-state index contributed by atoms with van der Waals surface area (Å²) in [5.41, 5.74) is 0.537. The molecule has 1 amide bonds. The van der Waals surface area contributed by atoms with Gasteiger partial charge in [0.25, 0.3) is 15.9 Å². The van der Waals surface area contributed by atoms with Gasteiger partial charge in [-0.3, -0.25) is 18.4 Å². The van der Waals surface area contributed by atoms with Crippen LogP contribution in [-0.2, 0) is 37.6 Å². The van der Waals surface area contributed by atoms with Crippen LogP contribution in [0.5, 0.6) is 5.75 Å². The molecule has 2 aliphatic rings. The van der Waals surface area contributed by atoms with Gasteiger partial charge < -0.3 is 14.2 Å². The molecule has 1 aromatic rings. The lowest BCUT2D eigenvalue weighted by molar-refractivity contribution is -0.141. The molecule has 0 saturated carbocycles. The van der Waals surface area contributed by atoms with E-state index >= 15 is 0 Å². The summed E-state index contributed by atoms with van der Waals surface area (Å²) in [4.78, 5) is 13.1. The Balaban J connectivity index is 1.87. The van der Waals surface area contributed by atoms with E-state index in [1.165, 1.54) is 6.07 Å². The molecule has 13 heteroatoms. The van der Waals surface area contributed by atoms with Gasteiger partial charge in [-0.05, 0) is 59.1 Å². The van der Waals surface area contributed by atoms with Crippen LogP contribution in [0.4, 0.5) is 0 Å². The molecule has 1 fully saturated rings. The molecule has 2 aliphatic heterocycles. The highest BCUT2D eigenvalue weighted by Gasteiger charge is 2.45. The van der Waals surface area contributed by atoms with Gasteiger partial charge in [-0.2, -0.15) is 0 Å². The van der Waals surface area contributed by atoms with Crippen molar-refractivity contribution >= 4 is 23.8 Å². The lowest BCUT2D eigenvalue weighted by atomic mass is 9.96. The van der Waals surface area contributed by atoms with Crippen LogP contribution in [-0.4, -0.2) is 62.7 Å². The van der Waals surface area contributed by atoms with Crippen LogP contribution < -0.4 is 4.74 Å². The molecule has 0 spiro atoms. The van der Waals surface area contributed by atoms with Gasteiger partial charge in [-0.15, -0.1) is 0 Å². The standard InChI is InChI=1S/C23H36NO10PS/c1-14(2)19-9-17(29-11-18-12-30-23(7,8)32-18)10-20-21(19)22(25)24(36(20,27)28)13-31-35(26,33-15(3)4)34-16(5)6/h9-10,14-16,18H,11-13H2,1-8H3. The molecule has 0 aromatic heterocycles. The quantitative estimate of drug-likeness (QED) is 0.366.